The highest BCUT2D eigenvalue weighted by Gasteiger charge is 2.75. The molecule has 0 aliphatic carbocycles. The van der Waals surface area contributed by atoms with Crippen LogP contribution in [0.25, 0.3) is 0 Å². The highest BCUT2D eigenvalue weighted by atomic mass is 32.2. The van der Waals surface area contributed by atoms with Gasteiger partial charge in [-0.2, -0.15) is 11.8 Å². The molecule has 0 aromatic carbocycles. The van der Waals surface area contributed by atoms with Crippen LogP contribution in [0.2, 0.25) is 0 Å². The first-order valence-corrected chi connectivity index (χ1v) is 24.3. The van der Waals surface area contributed by atoms with Crippen LogP contribution in [0.1, 0.15) is 123 Å². The van der Waals surface area contributed by atoms with Gasteiger partial charge in [-0.15, -0.1) is 0 Å². The minimum atomic E-state index is -2.26. The number of aliphatic hydroxyl groups excluding tert-OH is 4. The zero-order chi connectivity index (χ0) is 51.0. The molecule has 5 aliphatic rings. The molecule has 9 unspecified atom stereocenters. The van der Waals surface area contributed by atoms with Crippen molar-refractivity contribution in [3.8, 4) is 0 Å². The van der Waals surface area contributed by atoms with Crippen molar-refractivity contribution in [2.24, 2.45) is 11.3 Å². The second-order valence-electron chi connectivity index (χ2n) is 22.6. The summed E-state index contributed by atoms with van der Waals surface area (Å²) in [6, 6.07) is -0.0148. The lowest BCUT2D eigenvalue weighted by Gasteiger charge is -2.66. The topological polar surface area (TPSA) is 305 Å². The molecule has 5 heterocycles. The van der Waals surface area contributed by atoms with Crippen LogP contribution in [-0.2, 0) is 38.0 Å². The van der Waals surface area contributed by atoms with Crippen molar-refractivity contribution >= 4 is 29.7 Å². The maximum atomic E-state index is 13.2. The van der Waals surface area contributed by atoms with Gasteiger partial charge in [0.1, 0.15) is 50.9 Å². The molecule has 0 saturated carbocycles. The predicted molar refractivity (Wildman–Crippen MR) is 244 cm³/mol. The minimum Gasteiger partial charge on any atom is -0.430 e. The molecule has 21 heteroatoms. The summed E-state index contributed by atoms with van der Waals surface area (Å²) in [5.74, 6) is -3.22. The van der Waals surface area contributed by atoms with E-state index >= 15 is 0 Å². The van der Waals surface area contributed by atoms with Gasteiger partial charge in [-0.1, -0.05) is 13.3 Å². The number of ether oxygens (including phenoxy) is 6. The van der Waals surface area contributed by atoms with Gasteiger partial charge in [-0.3, -0.25) is 9.59 Å². The lowest BCUT2D eigenvalue weighted by Crippen LogP contribution is -2.85. The van der Waals surface area contributed by atoms with Crippen molar-refractivity contribution in [3.05, 3.63) is 0 Å². The van der Waals surface area contributed by atoms with Gasteiger partial charge >= 0.3 is 12.0 Å². The van der Waals surface area contributed by atoms with Crippen molar-refractivity contribution in [1.29, 1.82) is 0 Å². The third-order valence-electron chi connectivity index (χ3n) is 17.2. The summed E-state index contributed by atoms with van der Waals surface area (Å²) in [5.41, 5.74) is -19.9. The molecule has 0 aromatic heterocycles. The summed E-state index contributed by atoms with van der Waals surface area (Å²) in [5, 5.41) is 101. The number of amides is 3. The Bertz CT molecular complexity index is 1850. The van der Waals surface area contributed by atoms with E-state index in [0.717, 1.165) is 12.2 Å². The Morgan fingerprint density at radius 2 is 1.34 bits per heavy atom. The van der Waals surface area contributed by atoms with Crippen LogP contribution in [0.15, 0.2) is 0 Å². The maximum Gasteiger partial charge on any atom is 0.315 e. The first kappa shape index (κ1) is 56.0. The van der Waals surface area contributed by atoms with Crippen molar-refractivity contribution in [2.45, 2.75) is 214 Å². The molecule has 0 radical (unpaired) electrons. The highest BCUT2D eigenvalue weighted by molar-refractivity contribution is 8.00. The SMILES string of the molecule is CC(=O)NC1(C)C(C)(COC[C@]2(C)OC(C)(CO)[C@](C)(O)C(C)(O)C2(C)O)[C@H](O)C(C)(CO)O[C@]1(C)COC[C@@H]1C(C)(C)O[C@](C)(OC(=O)CCCCC2SC[C@@H]3NC(=O)N[C@H]23)C(O)C1(C)O. The van der Waals surface area contributed by atoms with Crippen molar-refractivity contribution in [1.82, 2.24) is 16.0 Å². The van der Waals surface area contributed by atoms with Crippen LogP contribution in [-0.4, -0.2) is 195 Å². The molecule has 5 fully saturated rings. The van der Waals surface area contributed by atoms with Gasteiger partial charge in [0.2, 0.25) is 11.7 Å². The van der Waals surface area contributed by atoms with Crippen molar-refractivity contribution in [3.63, 3.8) is 0 Å². The second-order valence-corrected chi connectivity index (χ2v) is 23.9. The molecule has 17 atom stereocenters. The van der Waals surface area contributed by atoms with Gasteiger partial charge in [-0.25, -0.2) is 4.79 Å². The number of rotatable bonds is 17. The second kappa shape index (κ2) is 18.3. The molecule has 3 amide bonds. The number of esters is 1. The van der Waals surface area contributed by atoms with E-state index in [1.165, 1.54) is 62.3 Å². The molecule has 5 saturated heterocycles. The van der Waals surface area contributed by atoms with Gasteiger partial charge in [0.05, 0.1) is 69.0 Å². The standard InChI is InChI=1S/C46H81N3O17S/c1-26(52)49-43(11)36(4,23-62-25-40(8)45(13,59)46(14,60)44(12,58)38(6,22-51)66-40)32(54)37(5,21-50)65-39(43,7)24-61-19-29-35(2,3)64-42(10,33(55)41(29,9)57)63-30(53)18-16-15-17-28-31-27(20-67-28)47-34(56)48-31/h27-29,31-33,50-51,54-55,57-60H,15-25H2,1-14H3,(H,49,52)(H2,47,48,56)/t27-,28?,29+,31-,32-,33?,36?,37?,38?,39+,40-,41?,42-,43?,44-,45?,46?/m0/s1. The van der Waals surface area contributed by atoms with E-state index < -0.39 is 117 Å². The Morgan fingerprint density at radius 3 is 1.93 bits per heavy atom. The number of nitrogens with one attached hydrogen (secondary N) is 3. The first-order valence-electron chi connectivity index (χ1n) is 23.3. The third kappa shape index (κ3) is 9.05. The van der Waals surface area contributed by atoms with E-state index in [4.69, 9.17) is 28.4 Å². The van der Waals surface area contributed by atoms with Crippen molar-refractivity contribution in [2.75, 3.05) is 45.4 Å². The zero-order valence-corrected chi connectivity index (χ0v) is 42.7. The average Bonchev–Trinajstić information content (AvgIpc) is 3.76. The Kier molecular flexibility index (Phi) is 15.3. The number of urea groups is 1. The molecular formula is C46H81N3O17S. The molecule has 0 spiro atoms. The van der Waals surface area contributed by atoms with Crippen LogP contribution in [0, 0.1) is 11.3 Å². The average molecular weight is 980 g/mol. The molecule has 0 bridgehead atoms. The lowest BCUT2D eigenvalue weighted by atomic mass is 9.55. The molecular weight excluding hydrogens is 899 g/mol. The normalized spacial score (nSPS) is 49.4. The Hall–Kier alpha value is -1.96. The predicted octanol–water partition coefficient (Wildman–Crippen LogP) is 0.137. The van der Waals surface area contributed by atoms with E-state index in [-0.39, 0.29) is 49.6 Å². The summed E-state index contributed by atoms with van der Waals surface area (Å²) in [6.07, 6.45) is -1.24. The van der Waals surface area contributed by atoms with E-state index in [1.54, 1.807) is 46.4 Å². The molecule has 5 rings (SSSR count). The number of fused-ring (bicyclic) bond motifs is 1. The molecule has 67 heavy (non-hydrogen) atoms. The number of unbranched alkanes of at least 4 members (excludes halogenated alkanes) is 1. The largest absolute Gasteiger partial charge is 0.430 e. The van der Waals surface area contributed by atoms with Gasteiger partial charge in [0, 0.05) is 42.6 Å². The summed E-state index contributed by atoms with van der Waals surface area (Å²) < 4.78 is 37.7. The van der Waals surface area contributed by atoms with Gasteiger partial charge < -0.3 is 85.2 Å². The summed E-state index contributed by atoms with van der Waals surface area (Å²) >= 11 is 1.78. The fourth-order valence-corrected chi connectivity index (χ4v) is 13.4. The number of thioether (sulfide) groups is 1. The first-order chi connectivity index (χ1) is 30.4. The minimum absolute atomic E-state index is 0.0380. The number of carbonyl (C=O) groups excluding carboxylic acids is 3. The Morgan fingerprint density at radius 1 is 0.746 bits per heavy atom. The fraction of sp³-hybridized carbons (Fsp3) is 0.935. The van der Waals surface area contributed by atoms with Crippen LogP contribution in [0.4, 0.5) is 4.79 Å². The maximum absolute atomic E-state index is 13.2. The van der Waals surface area contributed by atoms with Gasteiger partial charge in [0.15, 0.2) is 0 Å². The van der Waals surface area contributed by atoms with Crippen LogP contribution in [0.5, 0.6) is 0 Å². The molecule has 20 nitrogen and oxygen atoms in total. The number of carbonyl (C=O) groups is 3. The summed E-state index contributed by atoms with van der Waals surface area (Å²) in [4.78, 5) is 38.1. The van der Waals surface area contributed by atoms with E-state index in [0.29, 0.717) is 12.8 Å². The van der Waals surface area contributed by atoms with Crippen molar-refractivity contribution < 1.29 is 83.7 Å². The summed E-state index contributed by atoms with van der Waals surface area (Å²) in [7, 11) is 0. The fourth-order valence-electron chi connectivity index (χ4n) is 11.8. The van der Waals surface area contributed by atoms with E-state index in [1.807, 2.05) is 0 Å². The smallest absolute Gasteiger partial charge is 0.315 e. The summed E-state index contributed by atoms with van der Waals surface area (Å²) in [6.45, 7) is 17.5. The number of hydrogen-bond acceptors (Lipinski definition) is 18. The molecule has 11 N–H and O–H groups in total. The molecule has 0 aromatic rings. The van der Waals surface area contributed by atoms with Crippen LogP contribution < -0.4 is 16.0 Å². The molecule has 5 aliphatic heterocycles. The molecule has 388 valence electrons. The van der Waals surface area contributed by atoms with E-state index in [9.17, 15) is 55.2 Å². The van der Waals surface area contributed by atoms with Gasteiger partial charge in [-0.05, 0) is 89.0 Å². The number of hydrogen-bond donors (Lipinski definition) is 11. The lowest BCUT2D eigenvalue weighted by molar-refractivity contribution is -0.408. The monoisotopic (exact) mass is 980 g/mol. The zero-order valence-electron chi connectivity index (χ0n) is 41.9. The van der Waals surface area contributed by atoms with Crippen LogP contribution in [0.3, 0.4) is 0 Å². The highest BCUT2D eigenvalue weighted by Crippen LogP contribution is 2.56. The Labute approximate surface area is 398 Å². The van der Waals surface area contributed by atoms with Gasteiger partial charge in [0.25, 0.3) is 0 Å². The quantitative estimate of drug-likeness (QED) is 0.0525. The third-order valence-corrected chi connectivity index (χ3v) is 18.7. The van der Waals surface area contributed by atoms with E-state index in [2.05, 4.69) is 16.0 Å². The van der Waals surface area contributed by atoms with Crippen LogP contribution >= 0.6 is 11.8 Å². The Balaban J connectivity index is 1.31. The number of aliphatic hydroxyl groups is 8.